The lowest BCUT2D eigenvalue weighted by molar-refractivity contribution is -0.140. The summed E-state index contributed by atoms with van der Waals surface area (Å²) in [6.07, 6.45) is 3.30. The van der Waals surface area contributed by atoms with Crippen LogP contribution in [0.25, 0.3) is 0 Å². The van der Waals surface area contributed by atoms with Crippen LogP contribution in [0.5, 0.6) is 0 Å². The van der Waals surface area contributed by atoms with Gasteiger partial charge in [0.1, 0.15) is 0 Å². The summed E-state index contributed by atoms with van der Waals surface area (Å²) in [5.74, 6) is 0.388. The molecule has 0 aliphatic carbocycles. The number of benzene rings is 1. The van der Waals surface area contributed by atoms with Crippen LogP contribution in [0, 0.1) is 0 Å². The van der Waals surface area contributed by atoms with Gasteiger partial charge in [-0.25, -0.2) is 0 Å². The molecule has 0 saturated heterocycles. The molecule has 22 heavy (non-hydrogen) atoms. The Morgan fingerprint density at radius 2 is 1.86 bits per heavy atom. The lowest BCUT2D eigenvalue weighted by atomic mass is 10.0. The standard InChI is InChI=1S/C17H26N2O2S/c1-13(2)14-8-10-15(11-9-14)19-17(22)18-12-6-4-5-7-16(20)21-3/h8-11,13H,4-7,12H2,1-3H3,(H2,18,19,22). The van der Waals surface area contributed by atoms with Crippen molar-refractivity contribution in [3.8, 4) is 0 Å². The quantitative estimate of drug-likeness (QED) is 0.433. The Kier molecular flexibility index (Phi) is 8.51. The highest BCUT2D eigenvalue weighted by Gasteiger charge is 2.01. The number of anilines is 1. The number of unbranched alkanes of at least 4 members (excludes halogenated alkanes) is 2. The van der Waals surface area contributed by atoms with Crippen molar-refractivity contribution in [2.45, 2.75) is 45.4 Å². The van der Waals surface area contributed by atoms with Gasteiger partial charge in [-0.3, -0.25) is 4.79 Å². The van der Waals surface area contributed by atoms with E-state index in [4.69, 9.17) is 12.2 Å². The molecule has 0 heterocycles. The van der Waals surface area contributed by atoms with E-state index < -0.39 is 0 Å². The van der Waals surface area contributed by atoms with E-state index in [9.17, 15) is 4.79 Å². The molecule has 0 saturated carbocycles. The molecular weight excluding hydrogens is 296 g/mol. The first-order valence-corrected chi connectivity index (χ1v) is 8.15. The summed E-state index contributed by atoms with van der Waals surface area (Å²) in [5, 5.41) is 6.98. The average Bonchev–Trinajstić information content (AvgIpc) is 2.50. The summed E-state index contributed by atoms with van der Waals surface area (Å²) in [4.78, 5) is 11.0. The molecule has 0 atom stereocenters. The number of esters is 1. The van der Waals surface area contributed by atoms with Crippen molar-refractivity contribution >= 4 is 29.0 Å². The van der Waals surface area contributed by atoms with Crippen LogP contribution in [0.3, 0.4) is 0 Å². The number of thiocarbonyl (C=S) groups is 1. The van der Waals surface area contributed by atoms with Gasteiger partial charge in [0.05, 0.1) is 7.11 Å². The molecule has 0 bridgehead atoms. The monoisotopic (exact) mass is 322 g/mol. The first-order chi connectivity index (χ1) is 10.5. The second-order valence-corrected chi connectivity index (χ2v) is 5.95. The molecule has 2 N–H and O–H groups in total. The molecule has 1 aromatic rings. The van der Waals surface area contributed by atoms with Crippen molar-refractivity contribution in [2.75, 3.05) is 19.0 Å². The van der Waals surface area contributed by atoms with Gasteiger partial charge >= 0.3 is 5.97 Å². The fourth-order valence-corrected chi connectivity index (χ4v) is 2.22. The smallest absolute Gasteiger partial charge is 0.305 e. The third-order valence-electron chi connectivity index (χ3n) is 3.41. The highest BCUT2D eigenvalue weighted by atomic mass is 32.1. The van der Waals surface area contributed by atoms with Crippen LogP contribution >= 0.6 is 12.2 Å². The maximum atomic E-state index is 11.0. The Balaban J connectivity index is 2.17. The van der Waals surface area contributed by atoms with E-state index in [0.717, 1.165) is 31.5 Å². The zero-order valence-electron chi connectivity index (χ0n) is 13.6. The van der Waals surface area contributed by atoms with Gasteiger partial charge in [-0.2, -0.15) is 0 Å². The molecule has 0 spiro atoms. The van der Waals surface area contributed by atoms with Crippen LogP contribution in [-0.4, -0.2) is 24.7 Å². The molecule has 0 unspecified atom stereocenters. The summed E-state index contributed by atoms with van der Waals surface area (Å²) >= 11 is 5.26. The summed E-state index contributed by atoms with van der Waals surface area (Å²) in [6.45, 7) is 5.15. The highest BCUT2D eigenvalue weighted by molar-refractivity contribution is 7.80. The molecule has 0 aliphatic heterocycles. The van der Waals surface area contributed by atoms with Gasteiger partial charge in [0.2, 0.25) is 0 Å². The number of hydrogen-bond donors (Lipinski definition) is 2. The Morgan fingerprint density at radius 1 is 1.18 bits per heavy atom. The van der Waals surface area contributed by atoms with Crippen LogP contribution in [0.1, 0.15) is 51.0 Å². The van der Waals surface area contributed by atoms with Gasteiger partial charge < -0.3 is 15.4 Å². The van der Waals surface area contributed by atoms with E-state index in [0.29, 0.717) is 17.5 Å². The van der Waals surface area contributed by atoms with Crippen molar-refractivity contribution in [3.05, 3.63) is 29.8 Å². The van der Waals surface area contributed by atoms with Gasteiger partial charge in [-0.15, -0.1) is 0 Å². The summed E-state index contributed by atoms with van der Waals surface area (Å²) in [6, 6.07) is 8.31. The molecule has 0 amide bonds. The van der Waals surface area contributed by atoms with E-state index in [-0.39, 0.29) is 5.97 Å². The van der Waals surface area contributed by atoms with E-state index in [2.05, 4.69) is 41.4 Å². The van der Waals surface area contributed by atoms with Gasteiger partial charge in [0.15, 0.2) is 5.11 Å². The van der Waals surface area contributed by atoms with Gasteiger partial charge in [0.25, 0.3) is 0 Å². The van der Waals surface area contributed by atoms with Crippen molar-refractivity contribution in [2.24, 2.45) is 0 Å². The van der Waals surface area contributed by atoms with Gasteiger partial charge in [-0.1, -0.05) is 32.4 Å². The van der Waals surface area contributed by atoms with Gasteiger partial charge in [-0.05, 0) is 48.7 Å². The van der Waals surface area contributed by atoms with Crippen LogP contribution < -0.4 is 10.6 Å². The lowest BCUT2D eigenvalue weighted by Crippen LogP contribution is -2.29. The maximum absolute atomic E-state index is 11.0. The van der Waals surface area contributed by atoms with Crippen molar-refractivity contribution in [3.63, 3.8) is 0 Å². The van der Waals surface area contributed by atoms with Crippen LogP contribution in [0.2, 0.25) is 0 Å². The third kappa shape index (κ3) is 7.41. The normalized spacial score (nSPS) is 10.4. The summed E-state index contributed by atoms with van der Waals surface area (Å²) in [5.41, 5.74) is 2.31. The van der Waals surface area contributed by atoms with Crippen molar-refractivity contribution < 1.29 is 9.53 Å². The van der Waals surface area contributed by atoms with E-state index >= 15 is 0 Å². The Hall–Kier alpha value is -1.62. The summed E-state index contributed by atoms with van der Waals surface area (Å²) < 4.78 is 4.60. The summed E-state index contributed by atoms with van der Waals surface area (Å²) in [7, 11) is 1.42. The fourth-order valence-electron chi connectivity index (χ4n) is 2.00. The number of rotatable bonds is 8. The minimum absolute atomic E-state index is 0.144. The largest absolute Gasteiger partial charge is 0.469 e. The lowest BCUT2D eigenvalue weighted by Gasteiger charge is -2.11. The Bertz CT molecular complexity index is 472. The van der Waals surface area contributed by atoms with E-state index in [1.165, 1.54) is 12.7 Å². The first kappa shape index (κ1) is 18.4. The molecule has 122 valence electrons. The maximum Gasteiger partial charge on any atom is 0.305 e. The molecule has 0 aromatic heterocycles. The second kappa shape index (κ2) is 10.2. The number of ether oxygens (including phenoxy) is 1. The number of nitrogens with one attached hydrogen (secondary N) is 2. The number of carbonyl (C=O) groups excluding carboxylic acids is 1. The SMILES string of the molecule is COC(=O)CCCCCNC(=S)Nc1ccc(C(C)C)cc1. The van der Waals surface area contributed by atoms with Crippen LogP contribution in [0.4, 0.5) is 5.69 Å². The Morgan fingerprint density at radius 3 is 2.45 bits per heavy atom. The molecule has 1 rings (SSSR count). The molecule has 1 aromatic carbocycles. The first-order valence-electron chi connectivity index (χ1n) is 7.74. The second-order valence-electron chi connectivity index (χ2n) is 5.54. The van der Waals surface area contributed by atoms with Crippen LogP contribution in [-0.2, 0) is 9.53 Å². The number of carbonyl (C=O) groups is 1. The number of hydrogen-bond acceptors (Lipinski definition) is 3. The molecule has 0 radical (unpaired) electrons. The number of methoxy groups -OCH3 is 1. The predicted molar refractivity (Wildman–Crippen MR) is 95.2 cm³/mol. The predicted octanol–water partition coefficient (Wildman–Crippen LogP) is 3.83. The molecular formula is C17H26N2O2S. The molecule has 4 nitrogen and oxygen atoms in total. The van der Waals surface area contributed by atoms with E-state index in [1.54, 1.807) is 0 Å². The average molecular weight is 322 g/mol. The van der Waals surface area contributed by atoms with Gasteiger partial charge in [0, 0.05) is 18.7 Å². The molecule has 0 fully saturated rings. The van der Waals surface area contributed by atoms with Crippen molar-refractivity contribution in [1.29, 1.82) is 0 Å². The van der Waals surface area contributed by atoms with E-state index in [1.807, 2.05) is 12.1 Å². The molecule has 5 heteroatoms. The van der Waals surface area contributed by atoms with Crippen molar-refractivity contribution in [1.82, 2.24) is 5.32 Å². The van der Waals surface area contributed by atoms with Crippen LogP contribution in [0.15, 0.2) is 24.3 Å². The minimum atomic E-state index is -0.144. The third-order valence-corrected chi connectivity index (χ3v) is 3.65. The minimum Gasteiger partial charge on any atom is -0.469 e. The molecule has 0 aliphatic rings. The zero-order chi connectivity index (χ0) is 16.4. The Labute approximate surface area is 138 Å². The highest BCUT2D eigenvalue weighted by Crippen LogP contribution is 2.16. The fraction of sp³-hybridized carbons (Fsp3) is 0.529. The zero-order valence-corrected chi connectivity index (χ0v) is 14.5. The topological polar surface area (TPSA) is 50.4 Å².